The smallest absolute Gasteiger partial charge is 0.338 e. The molecule has 174 valence electrons. The molecular formula is C23H29ClN2O5S. The lowest BCUT2D eigenvalue weighted by molar-refractivity contribution is -0.123. The van der Waals surface area contributed by atoms with Gasteiger partial charge in [-0.3, -0.25) is 4.79 Å². The summed E-state index contributed by atoms with van der Waals surface area (Å²) in [6.45, 7) is 11.1. The molecule has 2 rings (SSSR count). The lowest BCUT2D eigenvalue weighted by Gasteiger charge is -2.20. The van der Waals surface area contributed by atoms with Crippen molar-refractivity contribution in [3.63, 3.8) is 0 Å². The number of nitrogens with one attached hydrogen (secondary N) is 1. The fourth-order valence-electron chi connectivity index (χ4n) is 3.41. The third-order valence-corrected chi connectivity index (χ3v) is 7.60. The highest BCUT2D eigenvalue weighted by atomic mass is 35.5. The number of benzene rings is 2. The van der Waals surface area contributed by atoms with E-state index >= 15 is 0 Å². The van der Waals surface area contributed by atoms with Crippen LogP contribution in [0.15, 0.2) is 35.2 Å². The highest BCUT2D eigenvalue weighted by Gasteiger charge is 2.27. The van der Waals surface area contributed by atoms with Crippen LogP contribution in [0.4, 0.5) is 5.69 Å². The molecule has 1 unspecified atom stereocenters. The van der Waals surface area contributed by atoms with E-state index in [0.717, 1.165) is 16.7 Å². The summed E-state index contributed by atoms with van der Waals surface area (Å²) >= 11 is 6.11. The molecule has 0 spiro atoms. The van der Waals surface area contributed by atoms with Crippen LogP contribution in [0.5, 0.6) is 0 Å². The second kappa shape index (κ2) is 10.5. The fourth-order valence-corrected chi connectivity index (χ4v) is 5.37. The summed E-state index contributed by atoms with van der Waals surface area (Å²) in [4.78, 5) is 25.1. The Morgan fingerprint density at radius 1 is 1.06 bits per heavy atom. The van der Waals surface area contributed by atoms with Crippen LogP contribution in [-0.2, 0) is 19.6 Å². The van der Waals surface area contributed by atoms with Crippen molar-refractivity contribution in [2.75, 3.05) is 18.4 Å². The Hall–Kier alpha value is -2.42. The molecule has 0 saturated heterocycles. The molecule has 0 fully saturated rings. The van der Waals surface area contributed by atoms with Crippen molar-refractivity contribution in [2.24, 2.45) is 0 Å². The number of amides is 1. The first-order valence-electron chi connectivity index (χ1n) is 10.3. The number of hydrogen-bond acceptors (Lipinski definition) is 5. The van der Waals surface area contributed by atoms with Crippen LogP contribution >= 0.6 is 11.6 Å². The van der Waals surface area contributed by atoms with Crippen LogP contribution in [0.25, 0.3) is 0 Å². The van der Waals surface area contributed by atoms with Crippen LogP contribution < -0.4 is 5.32 Å². The van der Waals surface area contributed by atoms with Crippen LogP contribution in [0.1, 0.15) is 47.8 Å². The third-order valence-electron chi connectivity index (χ3n) is 5.07. The largest absolute Gasteiger partial charge is 0.449 e. The molecule has 0 aromatic heterocycles. The standard InChI is InChI=1S/C23H29ClN2O5S/c1-7-26(8-2)32(29,30)20-13-18(9-10-19(20)24)23(28)31-17(6)22(27)25-21-15(4)11-14(3)12-16(21)5/h9-13,17H,7-8H2,1-6H3,(H,25,27). The second-order valence-corrected chi connectivity index (χ2v) is 9.86. The molecule has 0 aliphatic rings. The summed E-state index contributed by atoms with van der Waals surface area (Å²) in [5.41, 5.74) is 3.54. The van der Waals surface area contributed by atoms with Crippen molar-refractivity contribution in [1.82, 2.24) is 4.31 Å². The number of nitrogens with zero attached hydrogens (tertiary/aromatic N) is 1. The van der Waals surface area contributed by atoms with Gasteiger partial charge in [0.05, 0.1) is 10.6 Å². The van der Waals surface area contributed by atoms with Gasteiger partial charge in [0.25, 0.3) is 5.91 Å². The zero-order valence-corrected chi connectivity index (χ0v) is 20.7. The van der Waals surface area contributed by atoms with Crippen molar-refractivity contribution in [2.45, 2.75) is 52.5 Å². The van der Waals surface area contributed by atoms with Gasteiger partial charge in [-0.1, -0.05) is 43.1 Å². The van der Waals surface area contributed by atoms with Crippen molar-refractivity contribution in [1.29, 1.82) is 0 Å². The Morgan fingerprint density at radius 3 is 2.16 bits per heavy atom. The molecule has 1 N–H and O–H groups in total. The summed E-state index contributed by atoms with van der Waals surface area (Å²) in [6, 6.07) is 7.77. The topological polar surface area (TPSA) is 92.8 Å². The summed E-state index contributed by atoms with van der Waals surface area (Å²) < 4.78 is 32.2. The molecule has 0 aliphatic heterocycles. The molecule has 0 bridgehead atoms. The second-order valence-electron chi connectivity index (χ2n) is 7.55. The molecular weight excluding hydrogens is 452 g/mol. The Balaban J connectivity index is 2.21. The first kappa shape index (κ1) is 25.8. The monoisotopic (exact) mass is 480 g/mol. The van der Waals surface area contributed by atoms with Crippen molar-refractivity contribution < 1.29 is 22.7 Å². The SMILES string of the molecule is CCN(CC)S(=O)(=O)c1cc(C(=O)OC(C)C(=O)Nc2c(C)cc(C)cc2C)ccc1Cl. The molecule has 0 aliphatic carbocycles. The van der Waals surface area contributed by atoms with E-state index in [2.05, 4.69) is 5.32 Å². The van der Waals surface area contributed by atoms with Gasteiger partial charge in [-0.2, -0.15) is 4.31 Å². The number of halogens is 1. The summed E-state index contributed by atoms with van der Waals surface area (Å²) in [6.07, 6.45) is -1.10. The number of carbonyl (C=O) groups is 2. The Kier molecular flexibility index (Phi) is 8.45. The van der Waals surface area contributed by atoms with E-state index in [-0.39, 0.29) is 28.6 Å². The maximum absolute atomic E-state index is 12.8. The number of esters is 1. The number of carbonyl (C=O) groups excluding carboxylic acids is 2. The Bertz CT molecular complexity index is 1100. The van der Waals surface area contributed by atoms with E-state index in [4.69, 9.17) is 16.3 Å². The van der Waals surface area contributed by atoms with Crippen LogP contribution in [0.3, 0.4) is 0 Å². The number of rotatable bonds is 8. The maximum atomic E-state index is 12.8. The van der Waals surface area contributed by atoms with Crippen LogP contribution in [0.2, 0.25) is 5.02 Å². The van der Waals surface area contributed by atoms with Gasteiger partial charge in [-0.25, -0.2) is 13.2 Å². The molecule has 2 aromatic carbocycles. The van der Waals surface area contributed by atoms with E-state index in [1.165, 1.54) is 29.4 Å². The predicted octanol–water partition coefficient (Wildman–Crippen LogP) is 4.48. The summed E-state index contributed by atoms with van der Waals surface area (Å²) in [7, 11) is -3.87. The van der Waals surface area contributed by atoms with Crippen molar-refractivity contribution in [3.8, 4) is 0 Å². The molecule has 0 saturated carbocycles. The molecule has 0 heterocycles. The van der Waals surface area contributed by atoms with E-state index < -0.39 is 28.0 Å². The summed E-state index contributed by atoms with van der Waals surface area (Å²) in [5.74, 6) is -1.31. The van der Waals surface area contributed by atoms with Gasteiger partial charge in [-0.05, 0) is 57.0 Å². The molecule has 7 nitrogen and oxygen atoms in total. The minimum atomic E-state index is -3.87. The molecule has 2 aromatic rings. The Morgan fingerprint density at radius 2 is 1.62 bits per heavy atom. The number of hydrogen-bond donors (Lipinski definition) is 1. The van der Waals surface area contributed by atoms with Crippen LogP contribution in [0, 0.1) is 20.8 Å². The van der Waals surface area contributed by atoms with Crippen molar-refractivity contribution in [3.05, 3.63) is 57.6 Å². The van der Waals surface area contributed by atoms with E-state index in [9.17, 15) is 18.0 Å². The van der Waals surface area contributed by atoms with Gasteiger partial charge in [0.15, 0.2) is 6.10 Å². The van der Waals surface area contributed by atoms with E-state index in [0.29, 0.717) is 5.69 Å². The molecule has 1 amide bonds. The van der Waals surface area contributed by atoms with Crippen molar-refractivity contribution >= 4 is 39.2 Å². The molecule has 32 heavy (non-hydrogen) atoms. The summed E-state index contributed by atoms with van der Waals surface area (Å²) in [5, 5.41) is 2.80. The van der Waals surface area contributed by atoms with E-state index in [1.807, 2.05) is 32.9 Å². The Labute approximate surface area is 194 Å². The average molecular weight is 481 g/mol. The quantitative estimate of drug-likeness (QED) is 0.562. The molecule has 0 radical (unpaired) electrons. The molecule has 9 heteroatoms. The number of ether oxygens (including phenoxy) is 1. The third kappa shape index (κ3) is 5.68. The van der Waals surface area contributed by atoms with Gasteiger partial charge in [0.2, 0.25) is 10.0 Å². The van der Waals surface area contributed by atoms with Gasteiger partial charge in [-0.15, -0.1) is 0 Å². The average Bonchev–Trinajstić information content (AvgIpc) is 2.71. The highest BCUT2D eigenvalue weighted by Crippen LogP contribution is 2.27. The number of aryl methyl sites for hydroxylation is 3. The van der Waals surface area contributed by atoms with E-state index in [1.54, 1.807) is 13.8 Å². The number of sulfonamides is 1. The first-order valence-corrected chi connectivity index (χ1v) is 12.1. The molecule has 1 atom stereocenters. The zero-order valence-electron chi connectivity index (χ0n) is 19.2. The predicted molar refractivity (Wildman–Crippen MR) is 126 cm³/mol. The minimum Gasteiger partial charge on any atom is -0.449 e. The fraction of sp³-hybridized carbons (Fsp3) is 0.391. The minimum absolute atomic E-state index is 0.00422. The van der Waals surface area contributed by atoms with Gasteiger partial charge >= 0.3 is 5.97 Å². The van der Waals surface area contributed by atoms with Gasteiger partial charge in [0, 0.05) is 18.8 Å². The first-order chi connectivity index (χ1) is 14.9. The highest BCUT2D eigenvalue weighted by molar-refractivity contribution is 7.89. The van der Waals surface area contributed by atoms with Gasteiger partial charge < -0.3 is 10.1 Å². The van der Waals surface area contributed by atoms with Crippen LogP contribution in [-0.4, -0.2) is 43.8 Å². The number of anilines is 1. The maximum Gasteiger partial charge on any atom is 0.338 e. The normalized spacial score (nSPS) is 12.5. The lowest BCUT2D eigenvalue weighted by Crippen LogP contribution is -2.31. The van der Waals surface area contributed by atoms with Gasteiger partial charge in [0.1, 0.15) is 4.90 Å². The lowest BCUT2D eigenvalue weighted by atomic mass is 10.0. The zero-order chi connectivity index (χ0) is 24.2.